The van der Waals surface area contributed by atoms with Crippen LogP contribution in [-0.2, 0) is 46.7 Å². The molecule has 0 bridgehead atoms. The second-order valence-electron chi connectivity index (χ2n) is 8.22. The Morgan fingerprint density at radius 3 is 2.15 bits per heavy atom. The van der Waals surface area contributed by atoms with Crippen molar-refractivity contribution in [3.63, 3.8) is 0 Å². The van der Waals surface area contributed by atoms with Crippen molar-refractivity contribution in [2.24, 2.45) is 23.7 Å². The first-order valence-corrected chi connectivity index (χ1v) is 11.8. The maximum Gasteiger partial charge on any atom is 0.109 e. The van der Waals surface area contributed by atoms with Crippen LogP contribution in [0, 0.1) is 23.7 Å². The van der Waals surface area contributed by atoms with Crippen LogP contribution in [0.2, 0.25) is 0 Å². The van der Waals surface area contributed by atoms with Gasteiger partial charge in [0.2, 0.25) is 0 Å². The molecular weight excluding hydrogens is 435 g/mol. The Morgan fingerprint density at radius 1 is 1.15 bits per heavy atom. The molecule has 0 spiro atoms. The third-order valence-corrected chi connectivity index (χ3v) is 6.92. The maximum absolute atomic E-state index is 12.5. The summed E-state index contributed by atoms with van der Waals surface area (Å²) >= 11 is 0. The summed E-state index contributed by atoms with van der Waals surface area (Å²) in [7, 11) is 4.11. The van der Waals surface area contributed by atoms with Crippen molar-refractivity contribution in [2.45, 2.75) is 85.3 Å². The SMILES string of the molecule is CCC.[B][C@@H]1O[C@H](C(C)C)[C@H](C[PH](=O)/C=C/[C@H]2O[C@@H](C)C(C)[C@H]2O)C1C.[Y]. The van der Waals surface area contributed by atoms with Crippen molar-refractivity contribution >= 4 is 15.6 Å². The van der Waals surface area contributed by atoms with E-state index in [1.54, 1.807) is 11.9 Å². The predicted octanol–water partition coefficient (Wildman–Crippen LogP) is 4.06. The van der Waals surface area contributed by atoms with Crippen LogP contribution in [0.3, 0.4) is 0 Å². The van der Waals surface area contributed by atoms with Gasteiger partial charge in [-0.3, -0.25) is 0 Å². The summed E-state index contributed by atoms with van der Waals surface area (Å²) in [5.41, 5.74) is 0. The second kappa shape index (κ2) is 13.3. The average Bonchev–Trinajstić information content (AvgIpc) is 2.99. The summed E-state index contributed by atoms with van der Waals surface area (Å²) in [6, 6.07) is -0.270. The molecule has 0 aromatic heterocycles. The number of rotatable bonds is 5. The van der Waals surface area contributed by atoms with Gasteiger partial charge < -0.3 is 19.1 Å². The number of hydrogen-bond acceptors (Lipinski definition) is 4. The Balaban J connectivity index is 0.00000158. The Labute approximate surface area is 193 Å². The molecule has 27 heavy (non-hydrogen) atoms. The van der Waals surface area contributed by atoms with Crippen LogP contribution in [0.25, 0.3) is 0 Å². The largest absolute Gasteiger partial charge is 0.390 e. The molecule has 2 aliphatic heterocycles. The fourth-order valence-electron chi connectivity index (χ4n) is 3.59. The van der Waals surface area contributed by atoms with Gasteiger partial charge in [0, 0.05) is 50.8 Å². The third-order valence-electron chi connectivity index (χ3n) is 5.48. The molecule has 0 aromatic rings. The predicted molar refractivity (Wildman–Crippen MR) is 110 cm³/mol. The minimum Gasteiger partial charge on any atom is -0.390 e. The maximum atomic E-state index is 12.5. The Bertz CT molecular complexity index is 477. The first-order valence-electron chi connectivity index (χ1n) is 10.1. The molecule has 9 atom stereocenters. The summed E-state index contributed by atoms with van der Waals surface area (Å²) in [5.74, 6) is 2.61. The summed E-state index contributed by atoms with van der Waals surface area (Å²) in [6.45, 7) is 14.5. The molecule has 3 unspecified atom stereocenters. The van der Waals surface area contributed by atoms with E-state index in [2.05, 4.69) is 34.6 Å². The van der Waals surface area contributed by atoms with Crippen molar-refractivity contribution < 1.29 is 51.9 Å². The smallest absolute Gasteiger partial charge is 0.109 e. The molecule has 2 fully saturated rings. The van der Waals surface area contributed by atoms with E-state index in [0.29, 0.717) is 12.1 Å². The first-order chi connectivity index (χ1) is 12.1. The molecule has 0 aromatic carbocycles. The Morgan fingerprint density at radius 2 is 1.70 bits per heavy atom. The van der Waals surface area contributed by atoms with Gasteiger partial charge >= 0.3 is 0 Å². The van der Waals surface area contributed by atoms with Gasteiger partial charge in [-0.1, -0.05) is 54.0 Å². The topological polar surface area (TPSA) is 55.8 Å². The van der Waals surface area contributed by atoms with E-state index in [-0.39, 0.29) is 74.8 Å². The summed E-state index contributed by atoms with van der Waals surface area (Å²) in [4.78, 5) is 0. The summed E-state index contributed by atoms with van der Waals surface area (Å²) in [5, 5.41) is 10.1. The summed E-state index contributed by atoms with van der Waals surface area (Å²) in [6.07, 6.45) is 2.84. The molecule has 3 radical (unpaired) electrons. The minimum absolute atomic E-state index is 0. The molecule has 2 saturated heterocycles. The molecule has 0 saturated carbocycles. The van der Waals surface area contributed by atoms with Gasteiger partial charge in [0.15, 0.2) is 0 Å². The Kier molecular flexibility index (Phi) is 13.9. The van der Waals surface area contributed by atoms with Gasteiger partial charge in [0.1, 0.15) is 14.0 Å². The van der Waals surface area contributed by atoms with Crippen LogP contribution in [0.4, 0.5) is 0 Å². The van der Waals surface area contributed by atoms with Crippen LogP contribution in [0.1, 0.15) is 54.9 Å². The monoisotopic (exact) mass is 473 g/mol. The van der Waals surface area contributed by atoms with E-state index in [1.165, 1.54) is 6.42 Å². The normalized spacial score (nSPS) is 39.9. The van der Waals surface area contributed by atoms with E-state index < -0.39 is 13.9 Å². The van der Waals surface area contributed by atoms with Crippen molar-refractivity contribution in [3.8, 4) is 0 Å². The van der Waals surface area contributed by atoms with E-state index in [0.717, 1.165) is 0 Å². The van der Waals surface area contributed by atoms with Gasteiger partial charge in [0.25, 0.3) is 0 Å². The zero-order valence-corrected chi connectivity index (χ0v) is 21.9. The van der Waals surface area contributed by atoms with Gasteiger partial charge in [-0.25, -0.2) is 0 Å². The van der Waals surface area contributed by atoms with Crippen molar-refractivity contribution in [1.82, 2.24) is 0 Å². The van der Waals surface area contributed by atoms with Crippen LogP contribution in [0.15, 0.2) is 11.9 Å². The molecule has 7 heteroatoms. The third kappa shape index (κ3) is 7.99. The van der Waals surface area contributed by atoms with E-state index in [1.807, 2.05) is 13.8 Å². The molecular formula is C20H38BO4PY. The molecule has 153 valence electrons. The van der Waals surface area contributed by atoms with E-state index in [4.69, 9.17) is 17.3 Å². The number of aliphatic hydroxyl groups is 1. The van der Waals surface area contributed by atoms with Crippen LogP contribution in [-0.4, -0.2) is 49.5 Å². The standard InChI is InChI=1S/C17H30BO4P.C3H8.Y/c1-9(2)16-13(11(4)17(18)22-16)8-23(20)7-6-14-15(19)10(3)12(5)21-14;1-3-2;/h6-7,9-17,19,23H,8H2,1-5H3;3H2,1-2H3;/b7-6+;;/t10?,11?,12-,13+,14+,15+,16+,17+;;/m0../s1. The molecule has 2 aliphatic rings. The van der Waals surface area contributed by atoms with Gasteiger partial charge in [-0.2, -0.15) is 0 Å². The fourth-order valence-corrected chi connectivity index (χ4v) is 5.20. The molecule has 0 aliphatic carbocycles. The Hall–Kier alpha value is 1.02. The first kappa shape index (κ1) is 28.0. The molecule has 1 N–H and O–H groups in total. The number of ether oxygens (including phenoxy) is 2. The quantitative estimate of drug-likeness (QED) is 0.484. The average molecular weight is 473 g/mol. The molecule has 0 amide bonds. The van der Waals surface area contributed by atoms with Gasteiger partial charge in [-0.05, 0) is 30.5 Å². The minimum atomic E-state index is -1.90. The van der Waals surface area contributed by atoms with E-state index in [9.17, 15) is 9.67 Å². The van der Waals surface area contributed by atoms with Crippen molar-refractivity contribution in [1.29, 1.82) is 0 Å². The van der Waals surface area contributed by atoms with Gasteiger partial charge in [0.05, 0.1) is 26.1 Å². The fraction of sp³-hybridized carbons (Fsp3) is 0.900. The van der Waals surface area contributed by atoms with Crippen molar-refractivity contribution in [2.75, 3.05) is 6.16 Å². The number of hydrogen-bond donors (Lipinski definition) is 1. The zero-order valence-electron chi connectivity index (χ0n) is 18.1. The molecule has 2 rings (SSSR count). The van der Waals surface area contributed by atoms with E-state index >= 15 is 0 Å². The zero-order chi connectivity index (χ0) is 20.0. The molecule has 4 nitrogen and oxygen atoms in total. The second-order valence-corrected chi connectivity index (χ2v) is 9.90. The van der Waals surface area contributed by atoms with Crippen LogP contribution < -0.4 is 0 Å². The number of aliphatic hydroxyl groups excluding tert-OH is 1. The molecule has 2 heterocycles. The van der Waals surface area contributed by atoms with Gasteiger partial charge in [-0.15, -0.1) is 0 Å². The van der Waals surface area contributed by atoms with Crippen LogP contribution >= 0.6 is 7.80 Å². The summed E-state index contributed by atoms with van der Waals surface area (Å²) < 4.78 is 24.0. The van der Waals surface area contributed by atoms with Crippen molar-refractivity contribution in [3.05, 3.63) is 11.9 Å². The van der Waals surface area contributed by atoms with Crippen LogP contribution in [0.5, 0.6) is 0 Å².